The molecule has 2 aromatic rings. The Morgan fingerprint density at radius 2 is 2.00 bits per heavy atom. The maximum absolute atomic E-state index is 13.0. The second-order valence-electron chi connectivity index (χ2n) is 5.40. The van der Waals surface area contributed by atoms with Crippen LogP contribution in [0.25, 0.3) is 0 Å². The highest BCUT2D eigenvalue weighted by Gasteiger charge is 2.41. The Morgan fingerprint density at radius 1 is 1.32 bits per heavy atom. The molecule has 25 heavy (non-hydrogen) atoms. The molecule has 2 heterocycles. The van der Waals surface area contributed by atoms with Crippen LogP contribution in [0.5, 0.6) is 0 Å². The Morgan fingerprint density at radius 3 is 2.60 bits per heavy atom. The number of carbonyl (C=O) groups is 1. The van der Waals surface area contributed by atoms with Gasteiger partial charge in [-0.25, -0.2) is 9.48 Å². The highest BCUT2D eigenvalue weighted by molar-refractivity contribution is 5.92. The molecule has 1 N–H and O–H groups in total. The van der Waals surface area contributed by atoms with Crippen LogP contribution in [-0.2, 0) is 15.7 Å². The standard InChI is InChI=1S/C16H15F3N4O2/c1-3-25-13(24)11-9(2)20-15-21-14(16(17,18)19)22-23(15)12(11)10-7-5-4-6-8-10/h4-8,12H,3H2,1-2H3,(H,20,21,22)/t12-/m1/s1. The number of nitrogens with zero attached hydrogens (tertiary/aromatic N) is 3. The molecule has 1 aliphatic heterocycles. The van der Waals surface area contributed by atoms with Crippen LogP contribution >= 0.6 is 0 Å². The van der Waals surface area contributed by atoms with E-state index in [1.54, 1.807) is 44.2 Å². The van der Waals surface area contributed by atoms with Crippen molar-refractivity contribution in [3.63, 3.8) is 0 Å². The Hall–Kier alpha value is -2.84. The van der Waals surface area contributed by atoms with E-state index in [4.69, 9.17) is 4.74 Å². The van der Waals surface area contributed by atoms with Crippen molar-refractivity contribution in [2.75, 3.05) is 11.9 Å². The second kappa shape index (κ2) is 6.23. The lowest BCUT2D eigenvalue weighted by Crippen LogP contribution is -2.29. The van der Waals surface area contributed by atoms with Gasteiger partial charge in [-0.05, 0) is 19.4 Å². The van der Waals surface area contributed by atoms with Gasteiger partial charge in [-0.15, -0.1) is 5.10 Å². The molecule has 0 amide bonds. The first kappa shape index (κ1) is 17.0. The SMILES string of the molecule is CCOC(=O)C1=C(C)Nc2nc(C(F)(F)F)nn2[C@@H]1c1ccccc1. The van der Waals surface area contributed by atoms with Crippen LogP contribution in [0.3, 0.4) is 0 Å². The normalized spacial score (nSPS) is 17.1. The highest BCUT2D eigenvalue weighted by Crippen LogP contribution is 2.37. The molecule has 1 aliphatic rings. The number of allylic oxidation sites excluding steroid dienone is 1. The van der Waals surface area contributed by atoms with Crippen molar-refractivity contribution in [1.29, 1.82) is 0 Å². The molecule has 0 spiro atoms. The van der Waals surface area contributed by atoms with Crippen LogP contribution in [0.2, 0.25) is 0 Å². The molecule has 3 rings (SSSR count). The zero-order chi connectivity index (χ0) is 18.2. The van der Waals surface area contributed by atoms with E-state index in [0.29, 0.717) is 11.3 Å². The smallest absolute Gasteiger partial charge is 0.453 e. The first-order valence-corrected chi connectivity index (χ1v) is 7.56. The number of alkyl halides is 3. The lowest BCUT2D eigenvalue weighted by molar-refractivity contribution is -0.145. The molecule has 6 nitrogen and oxygen atoms in total. The maximum atomic E-state index is 13.0. The van der Waals surface area contributed by atoms with Gasteiger partial charge in [0.25, 0.3) is 5.82 Å². The van der Waals surface area contributed by atoms with Gasteiger partial charge < -0.3 is 10.1 Å². The van der Waals surface area contributed by atoms with Crippen LogP contribution in [0.15, 0.2) is 41.6 Å². The van der Waals surface area contributed by atoms with Crippen molar-refractivity contribution in [3.05, 3.63) is 53.0 Å². The summed E-state index contributed by atoms with van der Waals surface area (Å²) in [5, 5.41) is 6.29. The van der Waals surface area contributed by atoms with Crippen molar-refractivity contribution in [2.24, 2.45) is 0 Å². The van der Waals surface area contributed by atoms with E-state index in [2.05, 4.69) is 15.4 Å². The number of hydrogen-bond acceptors (Lipinski definition) is 5. The second-order valence-corrected chi connectivity index (χ2v) is 5.40. The first-order valence-electron chi connectivity index (χ1n) is 7.56. The van der Waals surface area contributed by atoms with E-state index in [9.17, 15) is 18.0 Å². The number of hydrogen-bond donors (Lipinski definition) is 1. The molecule has 1 aromatic heterocycles. The molecule has 0 saturated heterocycles. The Labute approximate surface area is 141 Å². The summed E-state index contributed by atoms with van der Waals surface area (Å²) < 4.78 is 45.2. The Balaban J connectivity index is 2.17. The summed E-state index contributed by atoms with van der Waals surface area (Å²) in [5.41, 5.74) is 1.17. The van der Waals surface area contributed by atoms with Crippen molar-refractivity contribution < 1.29 is 22.7 Å². The molecule has 1 aromatic carbocycles. The number of rotatable bonds is 3. The Kier molecular flexibility index (Phi) is 4.23. The predicted molar refractivity (Wildman–Crippen MR) is 82.6 cm³/mol. The van der Waals surface area contributed by atoms with Gasteiger partial charge in [0, 0.05) is 5.70 Å². The third-order valence-electron chi connectivity index (χ3n) is 3.72. The zero-order valence-electron chi connectivity index (χ0n) is 13.5. The third-order valence-corrected chi connectivity index (χ3v) is 3.72. The molecule has 0 saturated carbocycles. The number of ether oxygens (including phenoxy) is 1. The molecule has 1 atom stereocenters. The van der Waals surface area contributed by atoms with Crippen LogP contribution in [0.1, 0.15) is 31.3 Å². The van der Waals surface area contributed by atoms with Crippen LogP contribution < -0.4 is 5.32 Å². The van der Waals surface area contributed by atoms with Gasteiger partial charge in [-0.2, -0.15) is 18.2 Å². The summed E-state index contributed by atoms with van der Waals surface area (Å²) in [7, 11) is 0. The summed E-state index contributed by atoms with van der Waals surface area (Å²) in [6, 6.07) is 7.80. The molecular weight excluding hydrogens is 337 g/mol. The van der Waals surface area contributed by atoms with Crippen molar-refractivity contribution >= 4 is 11.9 Å². The number of carbonyl (C=O) groups excluding carboxylic acids is 1. The number of halogens is 3. The van der Waals surface area contributed by atoms with Crippen LogP contribution in [0.4, 0.5) is 19.1 Å². The molecule has 0 radical (unpaired) electrons. The van der Waals surface area contributed by atoms with Crippen molar-refractivity contribution in [3.8, 4) is 0 Å². The molecule has 0 unspecified atom stereocenters. The van der Waals surface area contributed by atoms with Gasteiger partial charge in [-0.1, -0.05) is 30.3 Å². The third kappa shape index (κ3) is 3.09. The maximum Gasteiger partial charge on any atom is 0.453 e. The summed E-state index contributed by atoms with van der Waals surface area (Å²) in [6.07, 6.45) is -4.69. The van der Waals surface area contributed by atoms with Gasteiger partial charge in [0.1, 0.15) is 6.04 Å². The molecule has 0 aliphatic carbocycles. The van der Waals surface area contributed by atoms with Gasteiger partial charge in [0.2, 0.25) is 5.95 Å². The van der Waals surface area contributed by atoms with E-state index in [1.165, 1.54) is 0 Å². The minimum atomic E-state index is -4.69. The summed E-state index contributed by atoms with van der Waals surface area (Å²) in [6.45, 7) is 3.40. The molecule has 0 bridgehead atoms. The number of fused-ring (bicyclic) bond motifs is 1. The first-order chi connectivity index (χ1) is 11.8. The quantitative estimate of drug-likeness (QED) is 0.860. The average Bonchev–Trinajstić information content (AvgIpc) is 2.98. The fourth-order valence-corrected chi connectivity index (χ4v) is 2.69. The molecule has 132 valence electrons. The number of esters is 1. The van der Waals surface area contributed by atoms with E-state index < -0.39 is 24.0 Å². The number of benzene rings is 1. The van der Waals surface area contributed by atoms with Crippen molar-refractivity contribution in [2.45, 2.75) is 26.1 Å². The van der Waals surface area contributed by atoms with Crippen LogP contribution in [0, 0.1) is 0 Å². The zero-order valence-corrected chi connectivity index (χ0v) is 13.5. The lowest BCUT2D eigenvalue weighted by atomic mass is 9.96. The minimum Gasteiger partial charge on any atom is -0.463 e. The lowest BCUT2D eigenvalue weighted by Gasteiger charge is -2.28. The minimum absolute atomic E-state index is 0.0771. The summed E-state index contributed by atoms with van der Waals surface area (Å²) in [5.74, 6) is -1.96. The number of anilines is 1. The topological polar surface area (TPSA) is 69.0 Å². The molecular formula is C16H15F3N4O2. The average molecular weight is 352 g/mol. The van der Waals surface area contributed by atoms with Gasteiger partial charge in [-0.3, -0.25) is 0 Å². The van der Waals surface area contributed by atoms with E-state index >= 15 is 0 Å². The van der Waals surface area contributed by atoms with Gasteiger partial charge >= 0.3 is 12.1 Å². The fraction of sp³-hybridized carbons (Fsp3) is 0.312. The van der Waals surface area contributed by atoms with E-state index in [0.717, 1.165) is 4.68 Å². The van der Waals surface area contributed by atoms with E-state index in [-0.39, 0.29) is 18.1 Å². The van der Waals surface area contributed by atoms with Crippen molar-refractivity contribution in [1.82, 2.24) is 14.8 Å². The van der Waals surface area contributed by atoms with Crippen LogP contribution in [-0.4, -0.2) is 27.3 Å². The van der Waals surface area contributed by atoms with E-state index in [1.807, 2.05) is 0 Å². The molecule has 9 heteroatoms. The number of nitrogens with one attached hydrogen (secondary N) is 1. The monoisotopic (exact) mass is 352 g/mol. The predicted octanol–water partition coefficient (Wildman–Crippen LogP) is 3.15. The summed E-state index contributed by atoms with van der Waals surface area (Å²) >= 11 is 0. The Bertz CT molecular complexity index is 828. The highest BCUT2D eigenvalue weighted by atomic mass is 19.4. The van der Waals surface area contributed by atoms with Gasteiger partial charge in [0.15, 0.2) is 0 Å². The number of aromatic nitrogens is 3. The molecule has 0 fully saturated rings. The summed E-state index contributed by atoms with van der Waals surface area (Å²) in [4.78, 5) is 15.9. The largest absolute Gasteiger partial charge is 0.463 e. The fourth-order valence-electron chi connectivity index (χ4n) is 2.69. The van der Waals surface area contributed by atoms with Gasteiger partial charge in [0.05, 0.1) is 12.2 Å².